The summed E-state index contributed by atoms with van der Waals surface area (Å²) in [5, 5.41) is 0.748. The second-order valence-electron chi connectivity index (χ2n) is 6.30. The lowest BCUT2D eigenvalue weighted by Crippen LogP contribution is -2.27. The van der Waals surface area contributed by atoms with Crippen molar-refractivity contribution in [1.29, 1.82) is 0 Å². The van der Waals surface area contributed by atoms with Gasteiger partial charge in [-0.3, -0.25) is 4.79 Å². The van der Waals surface area contributed by atoms with Gasteiger partial charge in [0.2, 0.25) is 0 Å². The number of halogens is 1. The van der Waals surface area contributed by atoms with E-state index in [4.69, 9.17) is 4.42 Å². The Morgan fingerprint density at radius 2 is 1.85 bits per heavy atom. The minimum absolute atomic E-state index is 0.179. The lowest BCUT2D eigenvalue weighted by atomic mass is 10.1. The van der Waals surface area contributed by atoms with Crippen LogP contribution in [0.4, 0.5) is 4.39 Å². The molecule has 0 spiro atoms. The molecule has 0 radical (unpaired) electrons. The molecule has 0 atom stereocenters. The van der Waals surface area contributed by atoms with Crippen LogP contribution in [0.5, 0.6) is 0 Å². The number of para-hydroxylation sites is 1. The van der Waals surface area contributed by atoms with Gasteiger partial charge in [0.15, 0.2) is 5.76 Å². The van der Waals surface area contributed by atoms with Crippen molar-refractivity contribution < 1.29 is 13.6 Å². The Morgan fingerprint density at radius 3 is 2.63 bits per heavy atom. The molecule has 0 saturated heterocycles. The number of aromatic nitrogens is 1. The minimum atomic E-state index is -0.326. The smallest absolute Gasteiger partial charge is 0.254 e. The van der Waals surface area contributed by atoms with E-state index >= 15 is 0 Å². The second kappa shape index (κ2) is 7.03. The standard InChI is InChI=1S/C22H17FN2O2/c1-25(14-15-7-2-4-9-18(15)23)22(26)17-13-20(21-11-6-12-27-21)24-19-10-5-3-8-16(17)19/h2-13H,14H2,1H3. The first kappa shape index (κ1) is 17.0. The van der Waals surface area contributed by atoms with Gasteiger partial charge in [-0.25, -0.2) is 9.37 Å². The normalized spacial score (nSPS) is 10.9. The van der Waals surface area contributed by atoms with E-state index in [1.807, 2.05) is 24.3 Å². The fourth-order valence-corrected chi connectivity index (χ4v) is 3.06. The largest absolute Gasteiger partial charge is 0.463 e. The molecule has 4 rings (SSSR count). The highest BCUT2D eigenvalue weighted by atomic mass is 19.1. The van der Waals surface area contributed by atoms with Crippen molar-refractivity contribution in [1.82, 2.24) is 9.88 Å². The average molecular weight is 360 g/mol. The molecule has 0 saturated carbocycles. The fourth-order valence-electron chi connectivity index (χ4n) is 3.06. The Labute approximate surface area is 155 Å². The van der Waals surface area contributed by atoms with E-state index in [0.717, 1.165) is 5.39 Å². The van der Waals surface area contributed by atoms with Gasteiger partial charge in [0.25, 0.3) is 5.91 Å². The first-order valence-electron chi connectivity index (χ1n) is 8.56. The van der Waals surface area contributed by atoms with Gasteiger partial charge < -0.3 is 9.32 Å². The quantitative estimate of drug-likeness (QED) is 0.520. The highest BCUT2D eigenvalue weighted by Crippen LogP contribution is 2.26. The Kier molecular flexibility index (Phi) is 4.42. The lowest BCUT2D eigenvalue weighted by molar-refractivity contribution is 0.0786. The Morgan fingerprint density at radius 1 is 1.07 bits per heavy atom. The van der Waals surface area contributed by atoms with E-state index < -0.39 is 0 Å². The van der Waals surface area contributed by atoms with Gasteiger partial charge in [0.1, 0.15) is 11.5 Å². The number of hydrogen-bond acceptors (Lipinski definition) is 3. The van der Waals surface area contributed by atoms with E-state index in [1.165, 1.54) is 11.0 Å². The van der Waals surface area contributed by atoms with E-state index in [1.54, 1.807) is 49.7 Å². The number of carbonyl (C=O) groups excluding carboxylic acids is 1. The van der Waals surface area contributed by atoms with Gasteiger partial charge in [-0.2, -0.15) is 0 Å². The third-order valence-electron chi connectivity index (χ3n) is 4.43. The van der Waals surface area contributed by atoms with E-state index in [2.05, 4.69) is 4.98 Å². The molecule has 2 heterocycles. The number of pyridine rings is 1. The molecular formula is C22H17FN2O2. The van der Waals surface area contributed by atoms with Crippen molar-refractivity contribution in [3.05, 3.63) is 89.9 Å². The molecule has 4 nitrogen and oxygen atoms in total. The van der Waals surface area contributed by atoms with Crippen molar-refractivity contribution in [2.75, 3.05) is 7.05 Å². The first-order valence-corrected chi connectivity index (χ1v) is 8.56. The number of benzene rings is 2. The van der Waals surface area contributed by atoms with Crippen molar-refractivity contribution in [3.63, 3.8) is 0 Å². The van der Waals surface area contributed by atoms with Crippen LogP contribution in [-0.2, 0) is 6.54 Å². The van der Waals surface area contributed by atoms with Crippen molar-refractivity contribution in [3.8, 4) is 11.5 Å². The van der Waals surface area contributed by atoms with Crippen LogP contribution in [0.1, 0.15) is 15.9 Å². The van der Waals surface area contributed by atoms with Crippen LogP contribution >= 0.6 is 0 Å². The number of nitrogens with zero attached hydrogens (tertiary/aromatic N) is 2. The maximum atomic E-state index is 14.0. The van der Waals surface area contributed by atoms with Crippen molar-refractivity contribution >= 4 is 16.8 Å². The fraction of sp³-hybridized carbons (Fsp3) is 0.0909. The molecule has 0 aliphatic carbocycles. The third-order valence-corrected chi connectivity index (χ3v) is 4.43. The lowest BCUT2D eigenvalue weighted by Gasteiger charge is -2.19. The third kappa shape index (κ3) is 3.31. The molecule has 134 valence electrons. The van der Waals surface area contributed by atoms with Crippen LogP contribution in [0.2, 0.25) is 0 Å². The van der Waals surface area contributed by atoms with E-state index in [0.29, 0.717) is 28.1 Å². The first-order chi connectivity index (χ1) is 13.1. The van der Waals surface area contributed by atoms with Gasteiger partial charge in [-0.05, 0) is 30.3 Å². The molecule has 0 bridgehead atoms. The molecular weight excluding hydrogens is 343 g/mol. The predicted molar refractivity (Wildman–Crippen MR) is 102 cm³/mol. The molecule has 0 N–H and O–H groups in total. The monoisotopic (exact) mass is 360 g/mol. The Hall–Kier alpha value is -3.47. The summed E-state index contributed by atoms with van der Waals surface area (Å²) in [7, 11) is 1.66. The van der Waals surface area contributed by atoms with Crippen LogP contribution in [0, 0.1) is 5.82 Å². The Balaban J connectivity index is 1.75. The maximum absolute atomic E-state index is 14.0. The Bertz CT molecular complexity index is 1110. The number of furan rings is 1. The van der Waals surface area contributed by atoms with E-state index in [-0.39, 0.29) is 18.3 Å². The van der Waals surface area contributed by atoms with Crippen LogP contribution in [-0.4, -0.2) is 22.8 Å². The van der Waals surface area contributed by atoms with Crippen molar-refractivity contribution in [2.45, 2.75) is 6.54 Å². The van der Waals surface area contributed by atoms with Crippen LogP contribution in [0.15, 0.2) is 77.4 Å². The number of amides is 1. The molecule has 2 aromatic carbocycles. The zero-order chi connectivity index (χ0) is 18.8. The molecule has 2 aromatic heterocycles. The van der Waals surface area contributed by atoms with Gasteiger partial charge in [-0.15, -0.1) is 0 Å². The molecule has 5 heteroatoms. The average Bonchev–Trinajstić information content (AvgIpc) is 3.23. The predicted octanol–water partition coefficient (Wildman–Crippen LogP) is 4.91. The summed E-state index contributed by atoms with van der Waals surface area (Å²) in [6.45, 7) is 0.179. The highest BCUT2D eigenvalue weighted by molar-refractivity contribution is 6.07. The number of fused-ring (bicyclic) bond motifs is 1. The van der Waals surface area contributed by atoms with Crippen LogP contribution in [0.3, 0.4) is 0 Å². The summed E-state index contributed by atoms with van der Waals surface area (Å²) in [5.74, 6) is 0.0595. The summed E-state index contributed by atoms with van der Waals surface area (Å²) >= 11 is 0. The summed E-state index contributed by atoms with van der Waals surface area (Å²) in [6, 6.07) is 19.2. The van der Waals surface area contributed by atoms with E-state index in [9.17, 15) is 9.18 Å². The van der Waals surface area contributed by atoms with Crippen LogP contribution < -0.4 is 0 Å². The summed E-state index contributed by atoms with van der Waals surface area (Å²) in [6.07, 6.45) is 1.57. The molecule has 27 heavy (non-hydrogen) atoms. The molecule has 0 aliphatic heterocycles. The SMILES string of the molecule is CN(Cc1ccccc1F)C(=O)c1cc(-c2ccco2)nc2ccccc12. The summed E-state index contributed by atoms with van der Waals surface area (Å²) in [4.78, 5) is 19.2. The number of carbonyl (C=O) groups is 1. The number of rotatable bonds is 4. The van der Waals surface area contributed by atoms with Gasteiger partial charge >= 0.3 is 0 Å². The summed E-state index contributed by atoms with van der Waals surface area (Å²) in [5.41, 5.74) is 2.26. The van der Waals surface area contributed by atoms with Crippen molar-refractivity contribution in [2.24, 2.45) is 0 Å². The maximum Gasteiger partial charge on any atom is 0.254 e. The highest BCUT2D eigenvalue weighted by Gasteiger charge is 2.19. The summed E-state index contributed by atoms with van der Waals surface area (Å²) < 4.78 is 19.4. The number of hydrogen-bond donors (Lipinski definition) is 0. The zero-order valence-electron chi connectivity index (χ0n) is 14.7. The van der Waals surface area contributed by atoms with Gasteiger partial charge in [-0.1, -0.05) is 36.4 Å². The molecule has 0 unspecified atom stereocenters. The van der Waals surface area contributed by atoms with Crippen LogP contribution in [0.25, 0.3) is 22.4 Å². The second-order valence-corrected chi connectivity index (χ2v) is 6.30. The molecule has 4 aromatic rings. The molecule has 0 fully saturated rings. The molecule has 0 aliphatic rings. The zero-order valence-corrected chi connectivity index (χ0v) is 14.7. The van der Waals surface area contributed by atoms with Gasteiger partial charge in [0.05, 0.1) is 17.3 Å². The topological polar surface area (TPSA) is 46.3 Å². The van der Waals surface area contributed by atoms with Gasteiger partial charge in [0, 0.05) is 24.5 Å². The molecule has 1 amide bonds. The minimum Gasteiger partial charge on any atom is -0.463 e.